The minimum absolute atomic E-state index is 0.137. The Bertz CT molecular complexity index is 1470. The molecule has 0 spiro atoms. The Morgan fingerprint density at radius 1 is 1.00 bits per heavy atom. The smallest absolute Gasteiger partial charge is 0.247 e. The fourth-order valence-corrected chi connectivity index (χ4v) is 6.55. The van der Waals surface area contributed by atoms with Gasteiger partial charge in [0.2, 0.25) is 5.91 Å². The third kappa shape index (κ3) is 4.43. The zero-order chi connectivity index (χ0) is 25.4. The molecule has 0 N–H and O–H groups in total. The van der Waals surface area contributed by atoms with E-state index in [9.17, 15) is 4.79 Å². The van der Waals surface area contributed by atoms with Crippen LogP contribution in [0.5, 0.6) is 5.75 Å². The van der Waals surface area contributed by atoms with E-state index in [1.807, 2.05) is 32.3 Å². The number of fused-ring (bicyclic) bond motifs is 3. The van der Waals surface area contributed by atoms with Crippen molar-refractivity contribution in [2.24, 2.45) is 5.92 Å². The largest absolute Gasteiger partial charge is 0.493 e. The topological polar surface area (TPSA) is 42.7 Å². The molecule has 1 saturated heterocycles. The Balaban J connectivity index is 1.41. The molecule has 2 unspecified atom stereocenters. The number of hydrogen-bond donors (Lipinski definition) is 0. The molecule has 1 aromatic heterocycles. The van der Waals surface area contributed by atoms with Crippen molar-refractivity contribution in [2.45, 2.75) is 58.4 Å². The molecule has 37 heavy (non-hydrogen) atoms. The number of ether oxygens (including phenoxy) is 1. The van der Waals surface area contributed by atoms with Gasteiger partial charge in [0.1, 0.15) is 11.3 Å². The molecule has 2 heterocycles. The molecule has 2 atom stereocenters. The number of nitrogens with zero attached hydrogens (tertiary/aromatic N) is 1. The highest BCUT2D eigenvalue weighted by Gasteiger charge is 2.35. The van der Waals surface area contributed by atoms with Crippen LogP contribution in [0.15, 0.2) is 71.4 Å². The van der Waals surface area contributed by atoms with Crippen LogP contribution in [0.2, 0.25) is 0 Å². The molecule has 4 aromatic rings. The number of amides is 1. The Morgan fingerprint density at radius 2 is 1.81 bits per heavy atom. The summed E-state index contributed by atoms with van der Waals surface area (Å²) in [7, 11) is 0. The van der Waals surface area contributed by atoms with Crippen molar-refractivity contribution in [1.82, 2.24) is 4.90 Å². The normalized spacial score (nSPS) is 20.3. The SMILES string of the molecule is CCOc1cc2occ(-c3cccc4ccccc34)c2cc1/C(C)=C/C(=O)N1CCCC2CCCCC21. The second-order valence-electron chi connectivity index (χ2n) is 10.6. The zero-order valence-corrected chi connectivity index (χ0v) is 21.8. The van der Waals surface area contributed by atoms with Gasteiger partial charge in [0, 0.05) is 41.2 Å². The first-order valence-electron chi connectivity index (χ1n) is 13.8. The maximum Gasteiger partial charge on any atom is 0.247 e. The number of rotatable bonds is 5. The van der Waals surface area contributed by atoms with E-state index < -0.39 is 0 Å². The summed E-state index contributed by atoms with van der Waals surface area (Å²) in [5.74, 6) is 1.56. The van der Waals surface area contributed by atoms with Crippen molar-refractivity contribution >= 4 is 33.2 Å². The number of benzene rings is 3. The van der Waals surface area contributed by atoms with Gasteiger partial charge in [-0.3, -0.25) is 4.79 Å². The molecule has 1 saturated carbocycles. The van der Waals surface area contributed by atoms with Gasteiger partial charge in [0.15, 0.2) is 0 Å². The van der Waals surface area contributed by atoms with Crippen molar-refractivity contribution in [1.29, 1.82) is 0 Å². The van der Waals surface area contributed by atoms with Gasteiger partial charge in [0.05, 0.1) is 12.9 Å². The first-order chi connectivity index (χ1) is 18.1. The quantitative estimate of drug-likeness (QED) is 0.263. The molecular weight excluding hydrogens is 458 g/mol. The average Bonchev–Trinajstić information content (AvgIpc) is 3.34. The van der Waals surface area contributed by atoms with Crippen LogP contribution in [0.4, 0.5) is 0 Å². The van der Waals surface area contributed by atoms with E-state index in [0.717, 1.165) is 58.4 Å². The molecule has 1 amide bonds. The summed E-state index contributed by atoms with van der Waals surface area (Å²) in [6.07, 6.45) is 11.0. The highest BCUT2D eigenvalue weighted by molar-refractivity contribution is 6.06. The summed E-state index contributed by atoms with van der Waals surface area (Å²) in [5, 5.41) is 3.42. The molecule has 3 aromatic carbocycles. The number of carbonyl (C=O) groups is 1. The monoisotopic (exact) mass is 493 g/mol. The Labute approximate surface area is 218 Å². The minimum Gasteiger partial charge on any atom is -0.493 e. The van der Waals surface area contributed by atoms with Gasteiger partial charge in [-0.05, 0) is 73.4 Å². The van der Waals surface area contributed by atoms with E-state index in [2.05, 4.69) is 53.4 Å². The van der Waals surface area contributed by atoms with Crippen LogP contribution in [-0.2, 0) is 4.79 Å². The molecule has 1 aliphatic heterocycles. The predicted molar refractivity (Wildman–Crippen MR) is 151 cm³/mol. The molecule has 4 heteroatoms. The minimum atomic E-state index is 0.137. The highest BCUT2D eigenvalue weighted by Crippen LogP contribution is 2.40. The number of carbonyl (C=O) groups excluding carboxylic acids is 1. The first-order valence-corrected chi connectivity index (χ1v) is 13.8. The van der Waals surface area contributed by atoms with Gasteiger partial charge in [-0.15, -0.1) is 0 Å². The lowest BCUT2D eigenvalue weighted by Gasteiger charge is -2.43. The van der Waals surface area contributed by atoms with Crippen molar-refractivity contribution in [2.75, 3.05) is 13.2 Å². The summed E-state index contributed by atoms with van der Waals surface area (Å²) in [6, 6.07) is 19.3. The molecule has 2 aliphatic rings. The summed E-state index contributed by atoms with van der Waals surface area (Å²) >= 11 is 0. The molecule has 2 fully saturated rings. The van der Waals surface area contributed by atoms with Gasteiger partial charge < -0.3 is 14.1 Å². The summed E-state index contributed by atoms with van der Waals surface area (Å²) in [6.45, 7) is 5.43. The summed E-state index contributed by atoms with van der Waals surface area (Å²) in [5.41, 5.74) is 4.86. The fourth-order valence-electron chi connectivity index (χ4n) is 6.55. The molecule has 6 rings (SSSR count). The summed E-state index contributed by atoms with van der Waals surface area (Å²) in [4.78, 5) is 15.7. The molecule has 1 aliphatic carbocycles. The van der Waals surface area contributed by atoms with Gasteiger partial charge in [-0.1, -0.05) is 55.3 Å². The lowest BCUT2D eigenvalue weighted by Crippen LogP contribution is -2.49. The van der Waals surface area contributed by atoms with Crippen molar-refractivity contribution in [3.8, 4) is 16.9 Å². The number of likely N-dealkylation sites (tertiary alicyclic amines) is 1. The number of furan rings is 1. The van der Waals surface area contributed by atoms with Crippen LogP contribution < -0.4 is 4.74 Å². The van der Waals surface area contributed by atoms with E-state index in [1.54, 1.807) is 0 Å². The van der Waals surface area contributed by atoms with E-state index in [4.69, 9.17) is 9.15 Å². The van der Waals surface area contributed by atoms with Gasteiger partial charge in [-0.25, -0.2) is 0 Å². The molecule has 0 radical (unpaired) electrons. The van der Waals surface area contributed by atoms with Crippen LogP contribution in [0.25, 0.3) is 38.4 Å². The molecule has 0 bridgehead atoms. The van der Waals surface area contributed by atoms with Crippen molar-refractivity contribution < 1.29 is 13.9 Å². The van der Waals surface area contributed by atoms with E-state index in [0.29, 0.717) is 18.6 Å². The molecule has 190 valence electrons. The van der Waals surface area contributed by atoms with Gasteiger partial charge in [-0.2, -0.15) is 0 Å². The van der Waals surface area contributed by atoms with Crippen LogP contribution in [0, 0.1) is 5.92 Å². The van der Waals surface area contributed by atoms with E-state index in [1.165, 1.54) is 36.5 Å². The number of hydrogen-bond acceptors (Lipinski definition) is 3. The fraction of sp³-hybridized carbons (Fsp3) is 0.364. The van der Waals surface area contributed by atoms with Crippen LogP contribution >= 0.6 is 0 Å². The third-order valence-corrected chi connectivity index (χ3v) is 8.35. The van der Waals surface area contributed by atoms with Crippen molar-refractivity contribution in [3.05, 3.63) is 72.5 Å². The summed E-state index contributed by atoms with van der Waals surface area (Å²) < 4.78 is 12.1. The Kier molecular flexibility index (Phi) is 6.50. The molecular formula is C33H35NO3. The van der Waals surface area contributed by atoms with Gasteiger partial charge in [0.25, 0.3) is 0 Å². The van der Waals surface area contributed by atoms with Gasteiger partial charge >= 0.3 is 0 Å². The third-order valence-electron chi connectivity index (χ3n) is 8.35. The highest BCUT2D eigenvalue weighted by atomic mass is 16.5. The maximum absolute atomic E-state index is 13.5. The van der Waals surface area contributed by atoms with Crippen LogP contribution in [-0.4, -0.2) is 30.0 Å². The second-order valence-corrected chi connectivity index (χ2v) is 10.6. The zero-order valence-electron chi connectivity index (χ0n) is 21.8. The van der Waals surface area contributed by atoms with E-state index >= 15 is 0 Å². The predicted octanol–water partition coefficient (Wildman–Crippen LogP) is 8.24. The Hall–Kier alpha value is -3.53. The Morgan fingerprint density at radius 3 is 2.70 bits per heavy atom. The van der Waals surface area contributed by atoms with Crippen molar-refractivity contribution in [3.63, 3.8) is 0 Å². The lowest BCUT2D eigenvalue weighted by molar-refractivity contribution is -0.132. The average molecular weight is 494 g/mol. The van der Waals surface area contributed by atoms with E-state index in [-0.39, 0.29) is 5.91 Å². The first kappa shape index (κ1) is 23.8. The second kappa shape index (κ2) is 10.1. The standard InChI is InChI=1S/C33H35NO3/c1-3-36-31-20-32-28(29(21-37-32)26-15-8-12-23-10-4-6-14-25(23)26)19-27(31)22(2)18-33(35)34-17-9-13-24-11-5-7-16-30(24)34/h4,6,8,10,12,14-15,18-21,24,30H,3,5,7,9,11,13,16-17H2,1-2H3/b22-18+. The lowest BCUT2D eigenvalue weighted by atomic mass is 9.78. The number of piperidine rings is 1. The molecule has 4 nitrogen and oxygen atoms in total. The van der Waals surface area contributed by atoms with Crippen LogP contribution in [0.1, 0.15) is 57.9 Å². The number of allylic oxidation sites excluding steroid dienone is 1. The maximum atomic E-state index is 13.5. The van der Waals surface area contributed by atoms with Crippen LogP contribution in [0.3, 0.4) is 0 Å².